The van der Waals surface area contributed by atoms with Crippen LogP contribution in [0.25, 0.3) is 11.5 Å². The standard InChI is InChI=1S/C22H21N3O2/c1-2-12-25(15-18-10-8-17(14-23)9-11-18)21(26)13-20-16-27-22(24-20)19-6-4-3-5-7-19/h3-11,16H,2,12-13,15H2,1H3. The average molecular weight is 359 g/mol. The number of hydrogen-bond acceptors (Lipinski definition) is 4. The Hall–Kier alpha value is -3.39. The largest absolute Gasteiger partial charge is 0.444 e. The van der Waals surface area contributed by atoms with E-state index in [9.17, 15) is 4.79 Å². The summed E-state index contributed by atoms with van der Waals surface area (Å²) in [4.78, 5) is 19.0. The molecule has 5 heteroatoms. The lowest BCUT2D eigenvalue weighted by atomic mass is 10.1. The highest BCUT2D eigenvalue weighted by molar-refractivity contribution is 5.78. The van der Waals surface area contributed by atoms with Crippen molar-refractivity contribution in [3.05, 3.63) is 77.7 Å². The number of nitriles is 1. The average Bonchev–Trinajstić information content (AvgIpc) is 3.17. The van der Waals surface area contributed by atoms with Crippen LogP contribution in [0.4, 0.5) is 0 Å². The molecule has 0 unspecified atom stereocenters. The number of oxazole rings is 1. The second-order valence-electron chi connectivity index (χ2n) is 6.31. The summed E-state index contributed by atoms with van der Waals surface area (Å²) in [6.07, 6.45) is 2.62. The van der Waals surface area contributed by atoms with E-state index in [4.69, 9.17) is 9.68 Å². The van der Waals surface area contributed by atoms with Gasteiger partial charge < -0.3 is 9.32 Å². The molecule has 2 aromatic carbocycles. The Morgan fingerprint density at radius 3 is 2.56 bits per heavy atom. The van der Waals surface area contributed by atoms with E-state index in [2.05, 4.69) is 11.1 Å². The van der Waals surface area contributed by atoms with E-state index < -0.39 is 0 Å². The maximum Gasteiger partial charge on any atom is 0.229 e. The van der Waals surface area contributed by atoms with Crippen molar-refractivity contribution in [2.45, 2.75) is 26.3 Å². The predicted molar refractivity (Wildman–Crippen MR) is 103 cm³/mol. The van der Waals surface area contributed by atoms with Crippen LogP contribution in [0.15, 0.2) is 65.3 Å². The van der Waals surface area contributed by atoms with Gasteiger partial charge in [-0.2, -0.15) is 5.26 Å². The molecule has 0 aliphatic heterocycles. The monoisotopic (exact) mass is 359 g/mol. The third kappa shape index (κ3) is 4.83. The van der Waals surface area contributed by atoms with Crippen molar-refractivity contribution in [1.29, 1.82) is 5.26 Å². The summed E-state index contributed by atoms with van der Waals surface area (Å²) in [5.41, 5.74) is 3.13. The lowest BCUT2D eigenvalue weighted by Crippen LogP contribution is -2.32. The van der Waals surface area contributed by atoms with Crippen molar-refractivity contribution in [3.63, 3.8) is 0 Å². The Morgan fingerprint density at radius 2 is 1.89 bits per heavy atom. The zero-order chi connectivity index (χ0) is 19.1. The van der Waals surface area contributed by atoms with Crippen LogP contribution >= 0.6 is 0 Å². The zero-order valence-electron chi connectivity index (χ0n) is 15.3. The minimum Gasteiger partial charge on any atom is -0.444 e. The van der Waals surface area contributed by atoms with Crippen molar-refractivity contribution < 1.29 is 9.21 Å². The topological polar surface area (TPSA) is 70.1 Å². The van der Waals surface area contributed by atoms with Crippen LogP contribution in [0.2, 0.25) is 0 Å². The number of aromatic nitrogens is 1. The van der Waals surface area contributed by atoms with Crippen LogP contribution in [0.3, 0.4) is 0 Å². The van der Waals surface area contributed by atoms with E-state index in [1.807, 2.05) is 54.3 Å². The van der Waals surface area contributed by atoms with Gasteiger partial charge in [-0.3, -0.25) is 4.79 Å². The third-order valence-electron chi connectivity index (χ3n) is 4.21. The van der Waals surface area contributed by atoms with Crippen molar-refractivity contribution in [2.75, 3.05) is 6.54 Å². The van der Waals surface area contributed by atoms with Gasteiger partial charge in [0.15, 0.2) is 0 Å². The molecule has 0 fully saturated rings. The molecule has 0 saturated carbocycles. The van der Waals surface area contributed by atoms with Gasteiger partial charge in [-0.15, -0.1) is 0 Å². The van der Waals surface area contributed by atoms with Gasteiger partial charge in [0.25, 0.3) is 0 Å². The number of rotatable bonds is 7. The van der Waals surface area contributed by atoms with Crippen LogP contribution in [0.1, 0.15) is 30.2 Å². The smallest absolute Gasteiger partial charge is 0.229 e. The Kier molecular flexibility index (Phi) is 6.01. The fourth-order valence-corrected chi connectivity index (χ4v) is 2.84. The number of hydrogen-bond donors (Lipinski definition) is 0. The Morgan fingerprint density at radius 1 is 1.15 bits per heavy atom. The molecule has 0 atom stereocenters. The quantitative estimate of drug-likeness (QED) is 0.634. The van der Waals surface area contributed by atoms with E-state index in [0.29, 0.717) is 30.2 Å². The van der Waals surface area contributed by atoms with Gasteiger partial charge in [0, 0.05) is 18.7 Å². The summed E-state index contributed by atoms with van der Waals surface area (Å²) in [5.74, 6) is 0.529. The molecule has 0 aliphatic carbocycles. The Balaban J connectivity index is 1.68. The second-order valence-corrected chi connectivity index (χ2v) is 6.31. The van der Waals surface area contributed by atoms with Gasteiger partial charge >= 0.3 is 0 Å². The highest BCUT2D eigenvalue weighted by atomic mass is 16.3. The van der Waals surface area contributed by atoms with Gasteiger partial charge in [0.1, 0.15) is 6.26 Å². The normalized spacial score (nSPS) is 10.4. The number of amides is 1. The lowest BCUT2D eigenvalue weighted by molar-refractivity contribution is -0.131. The molecule has 1 amide bonds. The second kappa shape index (κ2) is 8.81. The zero-order valence-corrected chi connectivity index (χ0v) is 15.3. The number of carbonyl (C=O) groups is 1. The van der Waals surface area contributed by atoms with Gasteiger partial charge in [0.05, 0.1) is 23.7 Å². The molecule has 5 nitrogen and oxygen atoms in total. The summed E-state index contributed by atoms with van der Waals surface area (Å²) >= 11 is 0. The molecule has 27 heavy (non-hydrogen) atoms. The van der Waals surface area contributed by atoms with Gasteiger partial charge in [-0.05, 0) is 36.2 Å². The van der Waals surface area contributed by atoms with E-state index in [1.165, 1.54) is 0 Å². The first-order valence-electron chi connectivity index (χ1n) is 8.96. The van der Waals surface area contributed by atoms with Crippen LogP contribution in [-0.2, 0) is 17.8 Å². The summed E-state index contributed by atoms with van der Waals surface area (Å²) in [6, 6.07) is 19.0. The van der Waals surface area contributed by atoms with E-state index >= 15 is 0 Å². The molecule has 0 aliphatic rings. The highest BCUT2D eigenvalue weighted by Gasteiger charge is 2.16. The van der Waals surface area contributed by atoms with Crippen LogP contribution < -0.4 is 0 Å². The highest BCUT2D eigenvalue weighted by Crippen LogP contribution is 2.18. The van der Waals surface area contributed by atoms with Gasteiger partial charge in [-0.1, -0.05) is 37.3 Å². The molecule has 0 spiro atoms. The molecule has 1 aromatic heterocycles. The molecule has 0 bridgehead atoms. The predicted octanol–water partition coefficient (Wildman–Crippen LogP) is 4.19. The Bertz CT molecular complexity index is 924. The minimum absolute atomic E-state index is 0.00845. The Labute approximate surface area is 158 Å². The molecular weight excluding hydrogens is 338 g/mol. The molecule has 0 saturated heterocycles. The van der Waals surface area contributed by atoms with Gasteiger partial charge in [0.2, 0.25) is 11.8 Å². The first-order valence-corrected chi connectivity index (χ1v) is 8.96. The molecule has 1 heterocycles. The van der Waals surface area contributed by atoms with Gasteiger partial charge in [-0.25, -0.2) is 4.98 Å². The van der Waals surface area contributed by atoms with E-state index in [0.717, 1.165) is 17.5 Å². The molecule has 0 N–H and O–H groups in total. The molecular formula is C22H21N3O2. The SMILES string of the molecule is CCCN(Cc1ccc(C#N)cc1)C(=O)Cc1coc(-c2ccccc2)n1. The molecule has 136 valence electrons. The van der Waals surface area contributed by atoms with Crippen LogP contribution in [0.5, 0.6) is 0 Å². The first kappa shape index (κ1) is 18.4. The fourth-order valence-electron chi connectivity index (χ4n) is 2.84. The minimum atomic E-state index is 0.00845. The van der Waals surface area contributed by atoms with Crippen LogP contribution in [-0.4, -0.2) is 22.3 Å². The summed E-state index contributed by atoms with van der Waals surface area (Å²) in [7, 11) is 0. The third-order valence-corrected chi connectivity index (χ3v) is 4.21. The molecule has 3 rings (SSSR count). The summed E-state index contributed by atoms with van der Waals surface area (Å²) < 4.78 is 5.52. The van der Waals surface area contributed by atoms with E-state index in [1.54, 1.807) is 18.4 Å². The van der Waals surface area contributed by atoms with Crippen molar-refractivity contribution >= 4 is 5.91 Å². The number of carbonyl (C=O) groups excluding carboxylic acids is 1. The molecule has 0 radical (unpaired) electrons. The summed E-state index contributed by atoms with van der Waals surface area (Å²) in [6.45, 7) is 3.23. The van der Waals surface area contributed by atoms with Crippen molar-refractivity contribution in [2.24, 2.45) is 0 Å². The van der Waals surface area contributed by atoms with Crippen molar-refractivity contribution in [1.82, 2.24) is 9.88 Å². The van der Waals surface area contributed by atoms with Crippen molar-refractivity contribution in [3.8, 4) is 17.5 Å². The van der Waals surface area contributed by atoms with E-state index in [-0.39, 0.29) is 12.3 Å². The fraction of sp³-hybridized carbons (Fsp3) is 0.227. The maximum absolute atomic E-state index is 12.8. The lowest BCUT2D eigenvalue weighted by Gasteiger charge is -2.22. The molecule has 3 aromatic rings. The first-order chi connectivity index (χ1) is 13.2. The number of benzene rings is 2. The number of nitrogens with zero attached hydrogens (tertiary/aromatic N) is 3. The summed E-state index contributed by atoms with van der Waals surface area (Å²) in [5, 5.41) is 8.90. The van der Waals surface area contributed by atoms with Crippen LogP contribution in [0, 0.1) is 11.3 Å². The maximum atomic E-state index is 12.8.